The van der Waals surface area contributed by atoms with Crippen LogP contribution in [-0.2, 0) is 4.79 Å². The fraction of sp³-hybridized carbons (Fsp3) is 0. The molecule has 1 N–H and O–H groups in total. The summed E-state index contributed by atoms with van der Waals surface area (Å²) in [5, 5.41) is 6.00. The average Bonchev–Trinajstić information content (AvgIpc) is 2.34. The van der Waals surface area contributed by atoms with E-state index in [4.69, 9.17) is 0 Å². The van der Waals surface area contributed by atoms with Crippen LogP contribution in [0, 0.1) is 11.8 Å². The number of carbonyl (C=O) groups excluding carboxylic acids is 1. The molecular formula is C5H3N3O. The van der Waals surface area contributed by atoms with Crippen LogP contribution >= 0.6 is 0 Å². The fourth-order valence-corrected chi connectivity index (χ4v) is 0.364. The summed E-state index contributed by atoms with van der Waals surface area (Å²) in [6.45, 7) is 0. The van der Waals surface area contributed by atoms with Crippen LogP contribution in [0.5, 0.6) is 0 Å². The van der Waals surface area contributed by atoms with E-state index in [1.54, 1.807) is 0 Å². The molecule has 0 amide bonds. The van der Waals surface area contributed by atoms with Crippen molar-refractivity contribution in [3.63, 3.8) is 0 Å². The molecule has 0 spiro atoms. The van der Waals surface area contributed by atoms with Crippen molar-refractivity contribution in [3.05, 3.63) is 12.2 Å². The molecule has 0 aliphatic rings. The van der Waals surface area contributed by atoms with Gasteiger partial charge in [0.15, 0.2) is 6.29 Å². The van der Waals surface area contributed by atoms with Gasteiger partial charge >= 0.3 is 0 Å². The number of carbonyl (C=O) groups is 1. The van der Waals surface area contributed by atoms with Gasteiger partial charge in [0, 0.05) is 0 Å². The highest BCUT2D eigenvalue weighted by atomic mass is 16.1. The molecule has 1 aromatic heterocycles. The smallest absolute Gasteiger partial charge is 0.201 e. The normalized spacial score (nSPS) is 7.56. The third kappa shape index (κ3) is 1.39. The molecule has 9 heavy (non-hydrogen) atoms. The molecule has 0 saturated heterocycles. The van der Waals surface area contributed by atoms with E-state index < -0.39 is 0 Å². The predicted octanol–water partition coefficient (Wildman–Crippen LogP) is -0.645. The SMILES string of the molecule is O=CC#Cc1ncn[nH]1. The van der Waals surface area contributed by atoms with Gasteiger partial charge in [0.1, 0.15) is 6.33 Å². The van der Waals surface area contributed by atoms with Gasteiger partial charge in [-0.15, -0.1) is 0 Å². The van der Waals surface area contributed by atoms with Crippen LogP contribution in [0.15, 0.2) is 6.33 Å². The van der Waals surface area contributed by atoms with Crippen LogP contribution in [0.3, 0.4) is 0 Å². The number of rotatable bonds is 0. The van der Waals surface area contributed by atoms with Crippen LogP contribution < -0.4 is 0 Å². The topological polar surface area (TPSA) is 58.6 Å². The molecule has 0 aliphatic heterocycles. The summed E-state index contributed by atoms with van der Waals surface area (Å²) >= 11 is 0. The highest BCUT2D eigenvalue weighted by Gasteiger charge is 1.82. The maximum atomic E-state index is 9.66. The lowest BCUT2D eigenvalue weighted by atomic mass is 10.6. The first-order chi connectivity index (χ1) is 4.43. The Morgan fingerprint density at radius 3 is 3.22 bits per heavy atom. The Hall–Kier alpha value is -1.63. The molecule has 0 aliphatic carbocycles. The first-order valence-electron chi connectivity index (χ1n) is 2.24. The molecule has 0 aromatic carbocycles. The van der Waals surface area contributed by atoms with Gasteiger partial charge in [-0.2, -0.15) is 5.10 Å². The maximum absolute atomic E-state index is 9.66. The van der Waals surface area contributed by atoms with E-state index in [1.165, 1.54) is 6.33 Å². The van der Waals surface area contributed by atoms with Crippen LogP contribution in [0.4, 0.5) is 0 Å². The van der Waals surface area contributed by atoms with E-state index in [2.05, 4.69) is 27.0 Å². The van der Waals surface area contributed by atoms with Crippen LogP contribution in [-0.4, -0.2) is 21.5 Å². The number of aromatic nitrogens is 3. The predicted molar refractivity (Wildman–Crippen MR) is 29.3 cm³/mol. The molecule has 0 unspecified atom stereocenters. The Bertz CT molecular complexity index is 241. The van der Waals surface area contributed by atoms with Gasteiger partial charge < -0.3 is 0 Å². The Balaban J connectivity index is 2.78. The standard InChI is InChI=1S/C5H3N3O/c9-3-1-2-5-6-4-7-8-5/h3-4H,(H,6,7,8). The molecule has 1 rings (SSSR count). The van der Waals surface area contributed by atoms with Crippen molar-refractivity contribution in [1.29, 1.82) is 0 Å². The molecule has 4 heteroatoms. The molecule has 0 saturated carbocycles. The number of aldehydes is 1. The lowest BCUT2D eigenvalue weighted by molar-refractivity contribution is -0.103. The summed E-state index contributed by atoms with van der Waals surface area (Å²) in [5.74, 6) is 5.02. The van der Waals surface area contributed by atoms with E-state index in [1.807, 2.05) is 0 Å². The molecule has 0 atom stereocenters. The molecule has 1 aromatic rings. The van der Waals surface area contributed by atoms with Crippen molar-refractivity contribution in [2.24, 2.45) is 0 Å². The number of hydrogen-bond donors (Lipinski definition) is 1. The minimum Gasteiger partial charge on any atom is -0.289 e. The van der Waals surface area contributed by atoms with Crippen molar-refractivity contribution in [2.45, 2.75) is 0 Å². The van der Waals surface area contributed by atoms with Crippen LogP contribution in [0.25, 0.3) is 0 Å². The van der Waals surface area contributed by atoms with Gasteiger partial charge in [-0.05, 0) is 11.8 Å². The zero-order valence-corrected chi connectivity index (χ0v) is 4.46. The largest absolute Gasteiger partial charge is 0.289 e. The summed E-state index contributed by atoms with van der Waals surface area (Å²) in [6, 6.07) is 0. The van der Waals surface area contributed by atoms with E-state index in [9.17, 15) is 4.79 Å². The van der Waals surface area contributed by atoms with Crippen LogP contribution in [0.2, 0.25) is 0 Å². The minimum absolute atomic E-state index is 0.405. The Morgan fingerprint density at radius 2 is 2.67 bits per heavy atom. The lowest BCUT2D eigenvalue weighted by Gasteiger charge is -1.68. The number of nitrogens with zero attached hydrogens (tertiary/aromatic N) is 2. The van der Waals surface area contributed by atoms with Crippen molar-refractivity contribution in [2.75, 3.05) is 0 Å². The van der Waals surface area contributed by atoms with Crippen molar-refractivity contribution < 1.29 is 4.79 Å². The van der Waals surface area contributed by atoms with Gasteiger partial charge in [-0.25, -0.2) is 4.98 Å². The molecule has 4 nitrogen and oxygen atoms in total. The zero-order chi connectivity index (χ0) is 6.53. The maximum Gasteiger partial charge on any atom is 0.201 e. The highest BCUT2D eigenvalue weighted by molar-refractivity contribution is 5.73. The summed E-state index contributed by atoms with van der Waals surface area (Å²) in [6.07, 6.45) is 1.83. The molecule has 0 fully saturated rings. The molecule has 1 heterocycles. The number of nitrogens with one attached hydrogen (secondary N) is 1. The van der Waals surface area contributed by atoms with Crippen molar-refractivity contribution in [1.82, 2.24) is 15.2 Å². The third-order valence-electron chi connectivity index (χ3n) is 0.665. The minimum atomic E-state index is 0.405. The lowest BCUT2D eigenvalue weighted by Crippen LogP contribution is -1.75. The molecule has 0 radical (unpaired) electrons. The molecular weight excluding hydrogens is 118 g/mol. The first-order valence-corrected chi connectivity index (χ1v) is 2.24. The number of H-pyrrole nitrogens is 1. The van der Waals surface area contributed by atoms with Gasteiger partial charge in [-0.1, -0.05) is 0 Å². The van der Waals surface area contributed by atoms with Gasteiger partial charge in [0.2, 0.25) is 5.82 Å². The Kier molecular flexibility index (Phi) is 1.60. The van der Waals surface area contributed by atoms with E-state index in [0.717, 1.165) is 0 Å². The van der Waals surface area contributed by atoms with E-state index in [-0.39, 0.29) is 0 Å². The van der Waals surface area contributed by atoms with E-state index in [0.29, 0.717) is 12.1 Å². The quantitative estimate of drug-likeness (QED) is 0.366. The third-order valence-corrected chi connectivity index (χ3v) is 0.665. The monoisotopic (exact) mass is 121 g/mol. The van der Waals surface area contributed by atoms with E-state index >= 15 is 0 Å². The van der Waals surface area contributed by atoms with Crippen molar-refractivity contribution >= 4 is 6.29 Å². The average molecular weight is 121 g/mol. The summed E-state index contributed by atoms with van der Waals surface area (Å²) in [4.78, 5) is 13.3. The van der Waals surface area contributed by atoms with Crippen molar-refractivity contribution in [3.8, 4) is 11.8 Å². The first kappa shape index (κ1) is 5.51. The highest BCUT2D eigenvalue weighted by Crippen LogP contribution is 1.76. The number of aromatic amines is 1. The molecule has 0 bridgehead atoms. The van der Waals surface area contributed by atoms with Gasteiger partial charge in [-0.3, -0.25) is 9.89 Å². The number of hydrogen-bond acceptors (Lipinski definition) is 3. The zero-order valence-electron chi connectivity index (χ0n) is 4.46. The fourth-order valence-electron chi connectivity index (χ4n) is 0.364. The second kappa shape index (κ2) is 2.62. The summed E-state index contributed by atoms with van der Waals surface area (Å²) < 4.78 is 0. The Morgan fingerprint density at radius 1 is 1.78 bits per heavy atom. The Labute approximate surface area is 51.3 Å². The summed E-state index contributed by atoms with van der Waals surface area (Å²) in [5.41, 5.74) is 0. The van der Waals surface area contributed by atoms with Crippen LogP contribution in [0.1, 0.15) is 5.82 Å². The molecule has 44 valence electrons. The summed E-state index contributed by atoms with van der Waals surface area (Å²) in [7, 11) is 0. The second-order valence-electron chi connectivity index (χ2n) is 1.22. The van der Waals surface area contributed by atoms with Gasteiger partial charge in [0.25, 0.3) is 0 Å². The second-order valence-corrected chi connectivity index (χ2v) is 1.22. The van der Waals surface area contributed by atoms with Gasteiger partial charge in [0.05, 0.1) is 0 Å².